The number of rotatable bonds is 9. The van der Waals surface area contributed by atoms with Crippen LogP contribution in [0.3, 0.4) is 0 Å². The van der Waals surface area contributed by atoms with Crippen LogP contribution in [-0.2, 0) is 16.0 Å². The average Bonchev–Trinajstić information content (AvgIpc) is 3.34. The molecule has 0 atom stereocenters. The Labute approximate surface area is 201 Å². The number of nitrogens with one attached hydrogen (secondary N) is 1. The standard InChI is InChI=1S/C23H19F2N3O4S2/c24-22(25)32-15-7-5-14(6-8-15)13-18-21(30)28(23(31)34-18)12-11-26-19(29)9-10-20-27-16-3-1-2-4-17(16)33-20/h1-8,13,22H,9-12H2,(H,26,29). The Hall–Kier alpha value is -3.31. The lowest BCUT2D eigenvalue weighted by molar-refractivity contribution is -0.124. The van der Waals surface area contributed by atoms with E-state index in [-0.39, 0.29) is 36.1 Å². The summed E-state index contributed by atoms with van der Waals surface area (Å²) in [7, 11) is 0. The summed E-state index contributed by atoms with van der Waals surface area (Å²) in [5, 5.41) is 3.17. The molecule has 176 valence electrons. The number of nitrogens with zero attached hydrogens (tertiary/aromatic N) is 2. The minimum absolute atomic E-state index is 0.000805. The second-order valence-corrected chi connectivity index (χ2v) is 9.31. The SMILES string of the molecule is O=C(CCc1nc2ccccc2s1)NCCN1C(=O)SC(=Cc2ccc(OC(F)F)cc2)C1=O. The van der Waals surface area contributed by atoms with E-state index >= 15 is 0 Å². The first kappa shape index (κ1) is 23.8. The van der Waals surface area contributed by atoms with Gasteiger partial charge in [0, 0.05) is 25.9 Å². The smallest absolute Gasteiger partial charge is 0.387 e. The van der Waals surface area contributed by atoms with Crippen LogP contribution in [0.15, 0.2) is 53.4 Å². The van der Waals surface area contributed by atoms with Crippen molar-refractivity contribution in [1.29, 1.82) is 0 Å². The van der Waals surface area contributed by atoms with E-state index in [9.17, 15) is 23.2 Å². The van der Waals surface area contributed by atoms with Gasteiger partial charge in [-0.05, 0) is 47.7 Å². The highest BCUT2D eigenvalue weighted by molar-refractivity contribution is 8.18. The first-order valence-corrected chi connectivity index (χ1v) is 11.9. The fraction of sp³-hybridized carbons (Fsp3) is 0.217. The van der Waals surface area contributed by atoms with E-state index < -0.39 is 17.8 Å². The van der Waals surface area contributed by atoms with Crippen molar-refractivity contribution in [2.75, 3.05) is 13.1 Å². The third-order valence-electron chi connectivity index (χ3n) is 4.84. The van der Waals surface area contributed by atoms with Gasteiger partial charge in [0.1, 0.15) is 5.75 Å². The summed E-state index contributed by atoms with van der Waals surface area (Å²) >= 11 is 2.34. The van der Waals surface area contributed by atoms with Crippen molar-refractivity contribution in [2.45, 2.75) is 19.5 Å². The summed E-state index contributed by atoms with van der Waals surface area (Å²) in [6.45, 7) is -2.73. The highest BCUT2D eigenvalue weighted by Gasteiger charge is 2.34. The molecule has 0 radical (unpaired) electrons. The molecule has 7 nitrogen and oxygen atoms in total. The van der Waals surface area contributed by atoms with E-state index in [1.165, 1.54) is 30.3 Å². The zero-order valence-electron chi connectivity index (χ0n) is 17.7. The van der Waals surface area contributed by atoms with Crippen LogP contribution in [0, 0.1) is 0 Å². The van der Waals surface area contributed by atoms with Gasteiger partial charge in [-0.15, -0.1) is 11.3 Å². The van der Waals surface area contributed by atoms with Gasteiger partial charge < -0.3 is 10.1 Å². The number of hydrogen-bond donors (Lipinski definition) is 1. The van der Waals surface area contributed by atoms with Gasteiger partial charge in [-0.25, -0.2) is 4.98 Å². The van der Waals surface area contributed by atoms with Gasteiger partial charge in [0.25, 0.3) is 11.1 Å². The molecular formula is C23H19F2N3O4S2. The molecule has 1 aliphatic rings. The Morgan fingerprint density at radius 3 is 2.65 bits per heavy atom. The van der Waals surface area contributed by atoms with Crippen molar-refractivity contribution in [2.24, 2.45) is 0 Å². The topological polar surface area (TPSA) is 88.6 Å². The number of imide groups is 1. The van der Waals surface area contributed by atoms with Crippen LogP contribution in [-0.4, -0.2) is 46.6 Å². The minimum Gasteiger partial charge on any atom is -0.435 e. The molecule has 0 bridgehead atoms. The van der Waals surface area contributed by atoms with Crippen LogP contribution in [0.1, 0.15) is 17.0 Å². The van der Waals surface area contributed by atoms with Crippen molar-refractivity contribution in [3.63, 3.8) is 0 Å². The summed E-state index contributed by atoms with van der Waals surface area (Å²) in [6.07, 6.45) is 2.27. The number of carbonyl (C=O) groups is 3. The molecule has 1 fully saturated rings. The van der Waals surface area contributed by atoms with Gasteiger partial charge in [0.15, 0.2) is 0 Å². The van der Waals surface area contributed by atoms with Crippen LogP contribution in [0.2, 0.25) is 0 Å². The molecule has 3 aromatic rings. The van der Waals surface area contributed by atoms with Gasteiger partial charge in [-0.1, -0.05) is 24.3 Å². The summed E-state index contributed by atoms with van der Waals surface area (Å²) in [6, 6.07) is 13.5. The summed E-state index contributed by atoms with van der Waals surface area (Å²) < 4.78 is 29.9. The van der Waals surface area contributed by atoms with E-state index in [0.29, 0.717) is 12.0 Å². The number of amides is 3. The highest BCUT2D eigenvalue weighted by Crippen LogP contribution is 2.32. The van der Waals surface area contributed by atoms with Crippen molar-refractivity contribution >= 4 is 56.4 Å². The number of aromatic nitrogens is 1. The van der Waals surface area contributed by atoms with Crippen LogP contribution in [0.4, 0.5) is 13.6 Å². The van der Waals surface area contributed by atoms with Gasteiger partial charge in [-0.3, -0.25) is 19.3 Å². The maximum absolute atomic E-state index is 12.6. The fourth-order valence-corrected chi connectivity index (χ4v) is 5.06. The maximum atomic E-state index is 12.6. The summed E-state index contributed by atoms with van der Waals surface area (Å²) in [5.74, 6) is -0.654. The Kier molecular flexibility index (Phi) is 7.53. The molecule has 1 aliphatic heterocycles. The van der Waals surface area contributed by atoms with E-state index in [1.54, 1.807) is 11.3 Å². The quantitative estimate of drug-likeness (QED) is 0.427. The number of benzene rings is 2. The van der Waals surface area contributed by atoms with Crippen molar-refractivity contribution < 1.29 is 27.9 Å². The number of fused-ring (bicyclic) bond motifs is 1. The molecule has 11 heteroatoms. The monoisotopic (exact) mass is 503 g/mol. The molecule has 0 spiro atoms. The van der Waals surface area contributed by atoms with Gasteiger partial charge in [-0.2, -0.15) is 8.78 Å². The predicted molar refractivity (Wildman–Crippen MR) is 127 cm³/mol. The van der Waals surface area contributed by atoms with Crippen molar-refractivity contribution in [3.05, 3.63) is 64.0 Å². The predicted octanol–water partition coefficient (Wildman–Crippen LogP) is 4.68. The third kappa shape index (κ3) is 5.97. The number of alkyl halides is 2. The van der Waals surface area contributed by atoms with Gasteiger partial charge >= 0.3 is 6.61 Å². The molecule has 1 N–H and O–H groups in total. The molecule has 2 aromatic carbocycles. The summed E-state index contributed by atoms with van der Waals surface area (Å²) in [5.41, 5.74) is 1.48. The Morgan fingerprint density at radius 2 is 1.91 bits per heavy atom. The maximum Gasteiger partial charge on any atom is 0.387 e. The molecule has 2 heterocycles. The van der Waals surface area contributed by atoms with E-state index in [0.717, 1.165) is 31.9 Å². The number of aryl methyl sites for hydroxylation is 1. The van der Waals surface area contributed by atoms with Crippen molar-refractivity contribution in [3.8, 4) is 5.75 Å². The number of para-hydroxylation sites is 1. The van der Waals surface area contributed by atoms with Gasteiger partial charge in [0.05, 0.1) is 20.1 Å². The number of thiazole rings is 1. The largest absolute Gasteiger partial charge is 0.435 e. The second-order valence-electron chi connectivity index (χ2n) is 7.21. The normalized spacial score (nSPS) is 15.0. The molecule has 1 aromatic heterocycles. The minimum atomic E-state index is -2.92. The molecular weight excluding hydrogens is 484 g/mol. The highest BCUT2D eigenvalue weighted by atomic mass is 32.2. The first-order chi connectivity index (χ1) is 16.4. The number of thioether (sulfide) groups is 1. The molecule has 0 unspecified atom stereocenters. The number of hydrogen-bond acceptors (Lipinski definition) is 7. The third-order valence-corrected chi connectivity index (χ3v) is 6.84. The first-order valence-electron chi connectivity index (χ1n) is 10.3. The molecule has 4 rings (SSSR count). The molecule has 0 saturated carbocycles. The lowest BCUT2D eigenvalue weighted by Gasteiger charge is -2.12. The molecule has 34 heavy (non-hydrogen) atoms. The zero-order chi connectivity index (χ0) is 24.1. The lowest BCUT2D eigenvalue weighted by Crippen LogP contribution is -2.37. The number of carbonyl (C=O) groups excluding carboxylic acids is 3. The van der Waals surface area contributed by atoms with Crippen molar-refractivity contribution in [1.82, 2.24) is 15.2 Å². The van der Waals surface area contributed by atoms with E-state index in [1.807, 2.05) is 24.3 Å². The van der Waals surface area contributed by atoms with Crippen LogP contribution in [0.25, 0.3) is 16.3 Å². The average molecular weight is 504 g/mol. The lowest BCUT2D eigenvalue weighted by atomic mass is 10.2. The summed E-state index contributed by atoms with van der Waals surface area (Å²) in [4.78, 5) is 42.8. The van der Waals surface area contributed by atoms with E-state index in [4.69, 9.17) is 0 Å². The zero-order valence-corrected chi connectivity index (χ0v) is 19.3. The van der Waals surface area contributed by atoms with E-state index in [2.05, 4.69) is 15.0 Å². The van der Waals surface area contributed by atoms with Crippen LogP contribution >= 0.6 is 23.1 Å². The second kappa shape index (κ2) is 10.7. The van der Waals surface area contributed by atoms with Crippen LogP contribution < -0.4 is 10.1 Å². The number of ether oxygens (including phenoxy) is 1. The molecule has 3 amide bonds. The fourth-order valence-electron chi connectivity index (χ4n) is 3.23. The molecule has 1 saturated heterocycles. The van der Waals surface area contributed by atoms with Crippen LogP contribution in [0.5, 0.6) is 5.75 Å². The number of halogens is 2. The van der Waals surface area contributed by atoms with Gasteiger partial charge in [0.2, 0.25) is 5.91 Å². The Balaban J connectivity index is 1.25. The Morgan fingerprint density at radius 1 is 1.15 bits per heavy atom. The Bertz CT molecular complexity index is 1210. The molecule has 0 aliphatic carbocycles.